The first-order chi connectivity index (χ1) is 23.8. The summed E-state index contributed by atoms with van der Waals surface area (Å²) in [5.74, 6) is 2.86. The minimum absolute atomic E-state index is 0.136. The summed E-state index contributed by atoms with van der Waals surface area (Å²) in [6.45, 7) is 14.9. The number of hydrogen-bond acceptors (Lipinski definition) is 8. The van der Waals surface area contributed by atoms with Crippen LogP contribution in [0.5, 0.6) is 0 Å². The molecule has 2 bridgehead atoms. The Kier molecular flexibility index (Phi) is 9.55. The van der Waals surface area contributed by atoms with Crippen molar-refractivity contribution >= 4 is 5.97 Å². The van der Waals surface area contributed by atoms with E-state index >= 15 is 0 Å². The number of carbonyl (C=O) groups is 1. The highest BCUT2D eigenvalue weighted by Gasteiger charge is 2.70. The molecule has 0 amide bonds. The van der Waals surface area contributed by atoms with Crippen molar-refractivity contribution in [1.29, 1.82) is 0 Å². The van der Waals surface area contributed by atoms with Crippen LogP contribution in [0.25, 0.3) is 0 Å². The predicted molar refractivity (Wildman–Crippen MR) is 185 cm³/mol. The lowest BCUT2D eigenvalue weighted by molar-refractivity contribution is -0.577. The smallest absolute Gasteiger partial charge is 0.303 e. The molecule has 5 saturated carbocycles. The molecule has 9 aliphatic rings. The summed E-state index contributed by atoms with van der Waals surface area (Å²) in [7, 11) is 0. The average molecular weight is 703 g/mol. The number of rotatable bonds is 9. The number of fused-ring (bicyclic) bond motifs is 7. The van der Waals surface area contributed by atoms with Gasteiger partial charge in [-0.2, -0.15) is 0 Å². The van der Waals surface area contributed by atoms with E-state index < -0.39 is 29.9 Å². The number of carboxylic acids is 1. The molecule has 9 nitrogen and oxygen atoms in total. The van der Waals surface area contributed by atoms with Gasteiger partial charge in [0.2, 0.25) is 5.79 Å². The number of aliphatic hydroxyl groups excluding tert-OH is 1. The van der Waals surface area contributed by atoms with Gasteiger partial charge >= 0.3 is 5.97 Å². The van der Waals surface area contributed by atoms with Gasteiger partial charge in [-0.1, -0.05) is 34.6 Å². The highest BCUT2D eigenvalue weighted by atomic mass is 17.3. The van der Waals surface area contributed by atoms with E-state index in [4.69, 9.17) is 28.7 Å². The molecule has 0 aromatic carbocycles. The van der Waals surface area contributed by atoms with Gasteiger partial charge in [0.1, 0.15) is 0 Å². The van der Waals surface area contributed by atoms with Gasteiger partial charge in [-0.25, -0.2) is 9.78 Å². The molecule has 50 heavy (non-hydrogen) atoms. The molecule has 9 rings (SSSR count). The number of aliphatic carboxylic acids is 1. The first-order valence-corrected chi connectivity index (χ1v) is 20.6. The second kappa shape index (κ2) is 13.2. The van der Waals surface area contributed by atoms with Gasteiger partial charge in [0, 0.05) is 24.7 Å². The van der Waals surface area contributed by atoms with Crippen molar-refractivity contribution in [2.24, 2.45) is 70.0 Å². The topological polar surface area (TPSA) is 113 Å². The summed E-state index contributed by atoms with van der Waals surface area (Å²) in [4.78, 5) is 23.8. The normalized spacial score (nSPS) is 54.5. The van der Waals surface area contributed by atoms with E-state index in [2.05, 4.69) is 34.6 Å². The molecular weight excluding hydrogens is 636 g/mol. The number of hydrogen-bond donors (Lipinski definition) is 2. The molecule has 18 atom stereocenters. The Hall–Kier alpha value is -0.810. The molecule has 5 aliphatic carbocycles. The van der Waals surface area contributed by atoms with Crippen molar-refractivity contribution in [2.45, 2.75) is 168 Å². The zero-order chi connectivity index (χ0) is 35.2. The van der Waals surface area contributed by atoms with Crippen LogP contribution in [0.1, 0.15) is 131 Å². The third kappa shape index (κ3) is 5.68. The molecule has 284 valence electrons. The Morgan fingerprint density at radius 1 is 0.840 bits per heavy atom. The fraction of sp³-hybridized carbons (Fsp3) is 0.976. The van der Waals surface area contributed by atoms with Gasteiger partial charge < -0.3 is 29.2 Å². The van der Waals surface area contributed by atoms with Crippen LogP contribution in [-0.4, -0.2) is 65.6 Å². The lowest BCUT2D eigenvalue weighted by atomic mass is 9.43. The van der Waals surface area contributed by atoms with Gasteiger partial charge in [-0.05, 0) is 142 Å². The quantitative estimate of drug-likeness (QED) is 0.184. The maximum Gasteiger partial charge on any atom is 0.303 e. The summed E-state index contributed by atoms with van der Waals surface area (Å²) in [5, 5.41) is 20.2. The van der Waals surface area contributed by atoms with Gasteiger partial charge in [0.05, 0.1) is 25.4 Å². The first-order valence-electron chi connectivity index (χ1n) is 20.6. The van der Waals surface area contributed by atoms with Crippen LogP contribution in [0.3, 0.4) is 0 Å². The molecule has 0 aromatic heterocycles. The summed E-state index contributed by atoms with van der Waals surface area (Å²) < 4.78 is 26.9. The molecule has 0 radical (unpaired) electrons. The van der Waals surface area contributed by atoms with E-state index in [-0.39, 0.29) is 41.3 Å². The van der Waals surface area contributed by atoms with Gasteiger partial charge in [0.25, 0.3) is 0 Å². The van der Waals surface area contributed by atoms with E-state index in [0.29, 0.717) is 60.6 Å². The summed E-state index contributed by atoms with van der Waals surface area (Å²) in [5.41, 5.74) is -0.132. The van der Waals surface area contributed by atoms with Crippen molar-refractivity contribution in [1.82, 2.24) is 0 Å². The zero-order valence-electron chi connectivity index (χ0n) is 31.6. The minimum Gasteiger partial charge on any atom is -0.481 e. The zero-order valence-corrected chi connectivity index (χ0v) is 31.6. The molecule has 9 unspecified atom stereocenters. The van der Waals surface area contributed by atoms with Gasteiger partial charge in [0.15, 0.2) is 18.2 Å². The second-order valence-corrected chi connectivity index (χ2v) is 19.3. The van der Waals surface area contributed by atoms with Crippen LogP contribution in [0.15, 0.2) is 0 Å². The van der Waals surface area contributed by atoms with Crippen LogP contribution in [0, 0.1) is 70.0 Å². The molecule has 2 N–H and O–H groups in total. The standard InChI is InChI=1S/C41H66O9/c1-23(8-12-34(43)44)28-10-11-31-35-32(14-17-39(28,31)5)38(4)16-13-27(42)21-26(38)22-33(35)45-19-20-46-36-25(3)30-9-7-24(2)29-15-18-40(6)48-37(47-36)41(29,30)50-49-40/h23-33,35-37,42H,7-22H2,1-6H3,(H,43,44)/t23-,24-,25-,26?,27-,28-,29?,30?,31?,32?,33-,35?,36?,37?,38+,39-,40?,41-/m1/s1. The third-order valence-corrected chi connectivity index (χ3v) is 17.0. The van der Waals surface area contributed by atoms with Crippen molar-refractivity contribution in [2.75, 3.05) is 13.2 Å². The van der Waals surface area contributed by atoms with Crippen LogP contribution < -0.4 is 0 Å². The molecule has 4 saturated heterocycles. The maximum absolute atomic E-state index is 11.5. The van der Waals surface area contributed by atoms with Crippen molar-refractivity contribution in [3.8, 4) is 0 Å². The van der Waals surface area contributed by atoms with Crippen molar-refractivity contribution < 1.29 is 43.7 Å². The van der Waals surface area contributed by atoms with Crippen molar-refractivity contribution in [3.05, 3.63) is 0 Å². The Labute approximate surface area is 300 Å². The molecule has 9 fully saturated rings. The Morgan fingerprint density at radius 2 is 1.56 bits per heavy atom. The molecule has 4 heterocycles. The second-order valence-electron chi connectivity index (χ2n) is 19.3. The lowest BCUT2D eigenvalue weighted by Crippen LogP contribution is -2.70. The Bertz CT molecular complexity index is 1260. The molecule has 4 aliphatic heterocycles. The fourth-order valence-corrected chi connectivity index (χ4v) is 14.3. The summed E-state index contributed by atoms with van der Waals surface area (Å²) >= 11 is 0. The SMILES string of the molecule is C[C@H]1C(OCCO[C@@H]2CC3C[C@H](O)CC[C@]3(C)C3CC[C@@]4(C)C(CC[C@@H]4[C@H](C)CCC(=O)O)C32)OC2OC3(C)CCC4[C@H](C)CCC1[C@@]24OO3. The maximum atomic E-state index is 11.5. The number of carboxylic acid groups (broad SMARTS) is 1. The van der Waals surface area contributed by atoms with Crippen LogP contribution >= 0.6 is 0 Å². The van der Waals surface area contributed by atoms with Crippen LogP contribution in [0.2, 0.25) is 0 Å². The van der Waals surface area contributed by atoms with Crippen LogP contribution in [-0.2, 0) is 33.5 Å². The monoisotopic (exact) mass is 702 g/mol. The summed E-state index contributed by atoms with van der Waals surface area (Å²) in [6, 6.07) is 0. The largest absolute Gasteiger partial charge is 0.481 e. The lowest BCUT2D eigenvalue weighted by Gasteiger charge is -2.63. The minimum atomic E-state index is -0.799. The Balaban J connectivity index is 0.967. The van der Waals surface area contributed by atoms with Crippen LogP contribution in [0.4, 0.5) is 0 Å². The highest BCUT2D eigenvalue weighted by molar-refractivity contribution is 5.66. The highest BCUT2D eigenvalue weighted by Crippen LogP contribution is 2.69. The molecule has 1 spiro atoms. The van der Waals surface area contributed by atoms with Gasteiger partial charge in [-0.15, -0.1) is 0 Å². The Morgan fingerprint density at radius 3 is 2.36 bits per heavy atom. The predicted octanol–water partition coefficient (Wildman–Crippen LogP) is 7.73. The molecule has 9 heteroatoms. The molecular formula is C41H66O9. The number of ether oxygens (including phenoxy) is 4. The van der Waals surface area contributed by atoms with E-state index in [1.54, 1.807) is 0 Å². The van der Waals surface area contributed by atoms with Gasteiger partial charge in [-0.3, -0.25) is 4.79 Å². The van der Waals surface area contributed by atoms with E-state index in [0.717, 1.165) is 51.4 Å². The fourth-order valence-electron chi connectivity index (χ4n) is 14.3. The molecule has 0 aromatic rings. The van der Waals surface area contributed by atoms with Crippen molar-refractivity contribution in [3.63, 3.8) is 0 Å². The van der Waals surface area contributed by atoms with E-state index in [9.17, 15) is 15.0 Å². The average Bonchev–Trinajstić information content (AvgIpc) is 3.27. The first kappa shape index (κ1) is 36.2. The number of aliphatic hydroxyl groups is 1. The van der Waals surface area contributed by atoms with E-state index in [1.807, 2.05) is 6.92 Å². The summed E-state index contributed by atoms with van der Waals surface area (Å²) in [6.07, 6.45) is 12.8. The third-order valence-electron chi connectivity index (χ3n) is 17.0. The van der Waals surface area contributed by atoms with E-state index in [1.165, 1.54) is 32.1 Å².